The summed E-state index contributed by atoms with van der Waals surface area (Å²) in [6.45, 7) is 2.24. The Balaban J connectivity index is 1.45. The first-order valence-electron chi connectivity index (χ1n) is 10.0. The van der Waals surface area contributed by atoms with Gasteiger partial charge in [-0.05, 0) is 37.1 Å². The number of hydrogen-bond donors (Lipinski definition) is 0. The summed E-state index contributed by atoms with van der Waals surface area (Å²) in [5.74, 6) is -0.644. The van der Waals surface area contributed by atoms with Crippen LogP contribution in [-0.4, -0.2) is 60.0 Å². The van der Waals surface area contributed by atoms with Gasteiger partial charge in [0.05, 0.1) is 5.56 Å². The summed E-state index contributed by atoms with van der Waals surface area (Å²) in [5.41, 5.74) is 0.185. The fourth-order valence-electron chi connectivity index (χ4n) is 3.62. The minimum Gasteiger partial charge on any atom is -0.483 e. The van der Waals surface area contributed by atoms with Gasteiger partial charge in [0.15, 0.2) is 6.61 Å². The van der Waals surface area contributed by atoms with Gasteiger partial charge in [0.2, 0.25) is 0 Å². The highest BCUT2D eigenvalue weighted by molar-refractivity contribution is 5.77. The Labute approximate surface area is 174 Å². The minimum absolute atomic E-state index is 0.0602. The van der Waals surface area contributed by atoms with Crippen LogP contribution in [0.25, 0.3) is 0 Å². The average Bonchev–Trinajstić information content (AvgIpc) is 2.76. The average molecular weight is 421 g/mol. The Hall–Kier alpha value is -2.61. The Kier molecular flexibility index (Phi) is 7.31. The highest BCUT2D eigenvalue weighted by Gasteiger charge is 2.34. The van der Waals surface area contributed by atoms with Crippen molar-refractivity contribution in [3.8, 4) is 5.75 Å². The molecule has 8 heteroatoms. The maximum absolute atomic E-state index is 13.0. The van der Waals surface area contributed by atoms with Crippen molar-refractivity contribution in [1.82, 2.24) is 14.8 Å². The van der Waals surface area contributed by atoms with E-state index >= 15 is 0 Å². The van der Waals surface area contributed by atoms with E-state index < -0.39 is 18.3 Å². The molecule has 0 N–H and O–H groups in total. The smallest absolute Gasteiger partial charge is 0.419 e. The number of rotatable bonds is 7. The molecule has 5 nitrogen and oxygen atoms in total. The number of benzene rings is 1. The zero-order valence-electron chi connectivity index (χ0n) is 16.9. The quantitative estimate of drug-likeness (QED) is 0.685. The van der Waals surface area contributed by atoms with Gasteiger partial charge in [-0.3, -0.25) is 9.78 Å². The van der Waals surface area contributed by atoms with Crippen LogP contribution in [0.5, 0.6) is 5.75 Å². The van der Waals surface area contributed by atoms with E-state index in [9.17, 15) is 18.0 Å². The predicted octanol–water partition coefficient (Wildman–Crippen LogP) is 3.64. The largest absolute Gasteiger partial charge is 0.483 e. The molecule has 162 valence electrons. The van der Waals surface area contributed by atoms with E-state index in [1.807, 2.05) is 18.2 Å². The first-order valence-corrected chi connectivity index (χ1v) is 10.0. The fraction of sp³-hybridized carbons (Fsp3) is 0.455. The number of carbonyl (C=O) groups is 1. The second kappa shape index (κ2) is 9.93. The molecule has 0 aliphatic carbocycles. The lowest BCUT2D eigenvalue weighted by Gasteiger charge is -2.36. The standard InChI is InChI=1S/C22H26F3N3O2/c1-27(21(29)16-30-20-8-3-2-7-19(20)22(23,24)25)18-10-14-28(15-11-18)13-9-17-6-4-5-12-26-17/h2-8,12,18H,9-11,13-16H2,1H3. The predicted molar refractivity (Wildman–Crippen MR) is 107 cm³/mol. The molecule has 0 bridgehead atoms. The number of hydrogen-bond acceptors (Lipinski definition) is 4. The maximum Gasteiger partial charge on any atom is 0.419 e. The molecular weight excluding hydrogens is 395 g/mol. The van der Waals surface area contributed by atoms with Gasteiger partial charge in [-0.15, -0.1) is 0 Å². The molecule has 0 radical (unpaired) electrons. The van der Waals surface area contributed by atoms with E-state index in [4.69, 9.17) is 4.74 Å². The van der Waals surface area contributed by atoms with Crippen LogP contribution in [0.3, 0.4) is 0 Å². The van der Waals surface area contributed by atoms with Crippen LogP contribution in [0, 0.1) is 0 Å². The van der Waals surface area contributed by atoms with E-state index in [-0.39, 0.29) is 17.7 Å². The second-order valence-electron chi connectivity index (χ2n) is 7.43. The SMILES string of the molecule is CN(C(=O)COc1ccccc1C(F)(F)F)C1CCN(CCc2ccccn2)CC1. The normalized spacial score (nSPS) is 15.7. The molecule has 0 atom stereocenters. The van der Waals surface area contributed by atoms with Crippen molar-refractivity contribution < 1.29 is 22.7 Å². The molecule has 1 aliphatic rings. The van der Waals surface area contributed by atoms with Crippen LogP contribution in [0.1, 0.15) is 24.1 Å². The molecule has 1 saturated heterocycles. The molecule has 0 saturated carbocycles. The highest BCUT2D eigenvalue weighted by atomic mass is 19.4. The third-order valence-electron chi connectivity index (χ3n) is 5.45. The molecular formula is C22H26F3N3O2. The third-order valence-corrected chi connectivity index (χ3v) is 5.45. The Morgan fingerprint density at radius 2 is 1.87 bits per heavy atom. The molecule has 0 unspecified atom stereocenters. The number of nitrogens with zero attached hydrogens (tertiary/aromatic N) is 3. The summed E-state index contributed by atoms with van der Waals surface area (Å²) in [5, 5.41) is 0. The molecule has 1 aromatic heterocycles. The summed E-state index contributed by atoms with van der Waals surface area (Å²) >= 11 is 0. The summed E-state index contributed by atoms with van der Waals surface area (Å²) in [7, 11) is 1.69. The number of likely N-dealkylation sites (tertiary alicyclic amines) is 1. The van der Waals surface area contributed by atoms with Gasteiger partial charge in [-0.25, -0.2) is 0 Å². The molecule has 1 aliphatic heterocycles. The van der Waals surface area contributed by atoms with Crippen LogP contribution >= 0.6 is 0 Å². The Morgan fingerprint density at radius 1 is 1.17 bits per heavy atom. The Bertz CT molecular complexity index is 822. The van der Waals surface area contributed by atoms with Crippen molar-refractivity contribution in [3.63, 3.8) is 0 Å². The lowest BCUT2D eigenvalue weighted by Crippen LogP contribution is -2.47. The van der Waals surface area contributed by atoms with Crippen LogP contribution in [0.4, 0.5) is 13.2 Å². The Morgan fingerprint density at radius 3 is 2.53 bits per heavy atom. The van der Waals surface area contributed by atoms with Crippen LogP contribution in [0.2, 0.25) is 0 Å². The summed E-state index contributed by atoms with van der Waals surface area (Å²) in [6, 6.07) is 10.9. The lowest BCUT2D eigenvalue weighted by molar-refractivity contribution is -0.141. The van der Waals surface area contributed by atoms with Crippen molar-refractivity contribution in [3.05, 3.63) is 59.9 Å². The number of para-hydroxylation sites is 1. The molecule has 30 heavy (non-hydrogen) atoms. The molecule has 3 rings (SSSR count). The van der Waals surface area contributed by atoms with Gasteiger partial charge in [0.1, 0.15) is 5.75 Å². The monoisotopic (exact) mass is 421 g/mol. The maximum atomic E-state index is 13.0. The summed E-state index contributed by atoms with van der Waals surface area (Å²) in [4.78, 5) is 20.7. The van der Waals surface area contributed by atoms with Crippen molar-refractivity contribution in [2.75, 3.05) is 33.3 Å². The van der Waals surface area contributed by atoms with Gasteiger partial charge in [-0.1, -0.05) is 18.2 Å². The fourth-order valence-corrected chi connectivity index (χ4v) is 3.62. The number of likely N-dealkylation sites (N-methyl/N-ethyl adjacent to an activating group) is 1. The molecule has 1 aromatic carbocycles. The summed E-state index contributed by atoms with van der Waals surface area (Å²) < 4.78 is 44.4. The van der Waals surface area contributed by atoms with Crippen molar-refractivity contribution in [2.45, 2.75) is 31.5 Å². The number of ether oxygens (including phenoxy) is 1. The number of carbonyl (C=O) groups excluding carboxylic acids is 1. The van der Waals surface area contributed by atoms with Crippen LogP contribution in [-0.2, 0) is 17.4 Å². The number of aromatic nitrogens is 1. The zero-order valence-corrected chi connectivity index (χ0v) is 16.9. The molecule has 1 fully saturated rings. The molecule has 2 aromatic rings. The van der Waals surface area contributed by atoms with Gasteiger partial charge >= 0.3 is 6.18 Å². The van der Waals surface area contributed by atoms with Gasteiger partial charge in [0.25, 0.3) is 5.91 Å². The number of halogens is 3. The number of pyridine rings is 1. The van der Waals surface area contributed by atoms with Crippen LogP contribution in [0.15, 0.2) is 48.7 Å². The van der Waals surface area contributed by atoms with Crippen LogP contribution < -0.4 is 4.74 Å². The number of amides is 1. The number of alkyl halides is 3. The van der Waals surface area contributed by atoms with Gasteiger partial charge in [0, 0.05) is 51.0 Å². The minimum atomic E-state index is -4.52. The zero-order chi connectivity index (χ0) is 21.6. The molecule has 2 heterocycles. The van der Waals surface area contributed by atoms with E-state index in [2.05, 4.69) is 9.88 Å². The van der Waals surface area contributed by atoms with Crippen molar-refractivity contribution in [1.29, 1.82) is 0 Å². The molecule has 0 spiro atoms. The summed E-state index contributed by atoms with van der Waals surface area (Å²) in [6.07, 6.45) is -0.203. The van der Waals surface area contributed by atoms with E-state index in [1.165, 1.54) is 18.2 Å². The highest BCUT2D eigenvalue weighted by Crippen LogP contribution is 2.35. The topological polar surface area (TPSA) is 45.7 Å². The van der Waals surface area contributed by atoms with E-state index in [0.717, 1.165) is 50.7 Å². The molecule has 1 amide bonds. The third kappa shape index (κ3) is 5.95. The lowest BCUT2D eigenvalue weighted by atomic mass is 10.0. The first-order chi connectivity index (χ1) is 14.3. The van der Waals surface area contributed by atoms with Crippen molar-refractivity contribution in [2.24, 2.45) is 0 Å². The van der Waals surface area contributed by atoms with Gasteiger partial charge in [-0.2, -0.15) is 13.2 Å². The number of piperidine rings is 1. The van der Waals surface area contributed by atoms with Crippen molar-refractivity contribution >= 4 is 5.91 Å². The van der Waals surface area contributed by atoms with E-state index in [0.29, 0.717) is 0 Å². The van der Waals surface area contributed by atoms with E-state index in [1.54, 1.807) is 18.1 Å². The first kappa shape index (κ1) is 22.1. The van der Waals surface area contributed by atoms with Gasteiger partial charge < -0.3 is 14.5 Å². The second-order valence-corrected chi connectivity index (χ2v) is 7.43.